The van der Waals surface area contributed by atoms with Gasteiger partial charge in [-0.15, -0.1) is 0 Å². The Hall–Kier alpha value is -1.76. The molecule has 1 N–H and O–H groups in total. The number of benzene rings is 2. The quantitative estimate of drug-likeness (QED) is 0.482. The summed E-state index contributed by atoms with van der Waals surface area (Å²) in [5, 5.41) is 3.75. The second-order valence-electron chi connectivity index (χ2n) is 7.01. The van der Waals surface area contributed by atoms with Crippen molar-refractivity contribution in [2.75, 3.05) is 6.61 Å². The fraction of sp³-hybridized carbons (Fsp3) is 0.364. The third kappa shape index (κ3) is 7.18. The molecule has 2 amide bonds. The Morgan fingerprint density at radius 1 is 1.10 bits per heavy atom. The summed E-state index contributed by atoms with van der Waals surface area (Å²) < 4.78 is 6.54. The van der Waals surface area contributed by atoms with Gasteiger partial charge < -0.3 is 15.0 Å². The van der Waals surface area contributed by atoms with Crippen LogP contribution < -0.4 is 10.1 Å². The first-order chi connectivity index (χ1) is 14.2. The molecular formula is C22H25BrCl2N2O3. The van der Waals surface area contributed by atoms with Crippen LogP contribution in [-0.4, -0.2) is 35.4 Å². The molecule has 0 radical (unpaired) electrons. The maximum absolute atomic E-state index is 13.0. The predicted octanol–water partition coefficient (Wildman–Crippen LogP) is 5.47. The predicted molar refractivity (Wildman–Crippen MR) is 124 cm³/mol. The lowest BCUT2D eigenvalue weighted by Crippen LogP contribution is -2.50. The molecule has 8 heteroatoms. The number of hydrogen-bond donors (Lipinski definition) is 1. The van der Waals surface area contributed by atoms with Crippen molar-refractivity contribution in [2.24, 2.45) is 0 Å². The van der Waals surface area contributed by atoms with Crippen molar-refractivity contribution in [1.29, 1.82) is 0 Å². The minimum atomic E-state index is -0.686. The van der Waals surface area contributed by atoms with Crippen molar-refractivity contribution in [3.05, 3.63) is 62.5 Å². The van der Waals surface area contributed by atoms with Gasteiger partial charge in [0.25, 0.3) is 5.91 Å². The van der Waals surface area contributed by atoms with Crippen LogP contribution in [0.1, 0.15) is 32.8 Å². The van der Waals surface area contributed by atoms with Crippen molar-refractivity contribution >= 4 is 50.9 Å². The molecule has 0 saturated carbocycles. The number of ether oxygens (including phenoxy) is 1. The van der Waals surface area contributed by atoms with Gasteiger partial charge in [-0.3, -0.25) is 9.59 Å². The molecule has 0 aliphatic carbocycles. The summed E-state index contributed by atoms with van der Waals surface area (Å²) in [4.78, 5) is 27.2. The van der Waals surface area contributed by atoms with Crippen LogP contribution in [0.5, 0.6) is 5.75 Å². The largest absolute Gasteiger partial charge is 0.484 e. The molecule has 0 fully saturated rings. The van der Waals surface area contributed by atoms with Gasteiger partial charge in [0.05, 0.1) is 10.0 Å². The number of nitrogens with zero attached hydrogens (tertiary/aromatic N) is 1. The molecule has 5 nitrogen and oxygen atoms in total. The zero-order chi connectivity index (χ0) is 22.3. The zero-order valence-corrected chi connectivity index (χ0v) is 20.2. The molecule has 0 aliphatic heterocycles. The minimum absolute atomic E-state index is 0.0147. The fourth-order valence-corrected chi connectivity index (χ4v) is 3.23. The highest BCUT2D eigenvalue weighted by Gasteiger charge is 2.27. The lowest BCUT2D eigenvalue weighted by molar-refractivity contribution is -0.142. The molecule has 2 aromatic carbocycles. The van der Waals surface area contributed by atoms with E-state index in [0.29, 0.717) is 15.8 Å². The van der Waals surface area contributed by atoms with Gasteiger partial charge in [0.15, 0.2) is 6.61 Å². The second kappa shape index (κ2) is 11.6. The van der Waals surface area contributed by atoms with Gasteiger partial charge in [-0.25, -0.2) is 0 Å². The van der Waals surface area contributed by atoms with Crippen LogP contribution in [0, 0.1) is 0 Å². The Kier molecular flexibility index (Phi) is 9.46. The molecule has 0 bridgehead atoms. The highest BCUT2D eigenvalue weighted by atomic mass is 79.9. The zero-order valence-electron chi connectivity index (χ0n) is 17.1. The van der Waals surface area contributed by atoms with Crippen molar-refractivity contribution < 1.29 is 14.3 Å². The van der Waals surface area contributed by atoms with E-state index < -0.39 is 6.04 Å². The van der Waals surface area contributed by atoms with Crippen LogP contribution in [0.2, 0.25) is 10.0 Å². The standard InChI is InChI=1S/C22H25BrCl2N2O3/c1-4-14(2)26-22(29)15(3)27(12-16-5-10-19(24)20(25)11-16)21(28)13-30-18-8-6-17(23)7-9-18/h5-11,14-15H,4,12-13H2,1-3H3,(H,26,29)/t14-,15-/m1/s1. The maximum atomic E-state index is 13.0. The smallest absolute Gasteiger partial charge is 0.261 e. The van der Waals surface area contributed by atoms with Crippen LogP contribution >= 0.6 is 39.1 Å². The molecule has 2 aromatic rings. The molecular weight excluding hydrogens is 491 g/mol. The Balaban J connectivity index is 2.17. The summed E-state index contributed by atoms with van der Waals surface area (Å²) in [7, 11) is 0. The Morgan fingerprint density at radius 2 is 1.77 bits per heavy atom. The average molecular weight is 516 g/mol. The Labute approximate surface area is 195 Å². The number of hydrogen-bond acceptors (Lipinski definition) is 3. The number of nitrogens with one attached hydrogen (secondary N) is 1. The van der Waals surface area contributed by atoms with E-state index in [1.807, 2.05) is 26.0 Å². The van der Waals surface area contributed by atoms with E-state index in [-0.39, 0.29) is 31.0 Å². The fourth-order valence-electron chi connectivity index (χ4n) is 2.64. The third-order valence-electron chi connectivity index (χ3n) is 4.68. The van der Waals surface area contributed by atoms with E-state index >= 15 is 0 Å². The average Bonchev–Trinajstić information content (AvgIpc) is 2.73. The van der Waals surface area contributed by atoms with E-state index in [1.165, 1.54) is 4.90 Å². The molecule has 0 heterocycles. The monoisotopic (exact) mass is 514 g/mol. The van der Waals surface area contributed by atoms with E-state index in [0.717, 1.165) is 16.5 Å². The number of rotatable bonds is 9. The van der Waals surface area contributed by atoms with Gasteiger partial charge >= 0.3 is 0 Å². The van der Waals surface area contributed by atoms with Crippen molar-refractivity contribution in [1.82, 2.24) is 10.2 Å². The van der Waals surface area contributed by atoms with Gasteiger partial charge in [0, 0.05) is 17.1 Å². The van der Waals surface area contributed by atoms with Gasteiger partial charge in [0.1, 0.15) is 11.8 Å². The van der Waals surface area contributed by atoms with E-state index in [9.17, 15) is 9.59 Å². The van der Waals surface area contributed by atoms with Gasteiger partial charge in [-0.1, -0.05) is 52.1 Å². The molecule has 162 valence electrons. The first-order valence-corrected chi connectivity index (χ1v) is 11.2. The summed E-state index contributed by atoms with van der Waals surface area (Å²) in [6.07, 6.45) is 0.797. The van der Waals surface area contributed by atoms with E-state index in [2.05, 4.69) is 21.2 Å². The van der Waals surface area contributed by atoms with Crippen molar-refractivity contribution in [3.8, 4) is 5.75 Å². The SMILES string of the molecule is CC[C@@H](C)NC(=O)[C@@H](C)N(Cc1ccc(Cl)c(Cl)c1)C(=O)COc1ccc(Br)cc1. The number of carbonyl (C=O) groups excluding carboxylic acids is 2. The van der Waals surface area contributed by atoms with Crippen LogP contribution in [0.4, 0.5) is 0 Å². The number of carbonyl (C=O) groups is 2. The second-order valence-corrected chi connectivity index (χ2v) is 8.74. The number of amides is 2. The molecule has 0 aliphatic rings. The van der Waals surface area contributed by atoms with Crippen LogP contribution in [-0.2, 0) is 16.1 Å². The van der Waals surface area contributed by atoms with Gasteiger partial charge in [-0.2, -0.15) is 0 Å². The van der Waals surface area contributed by atoms with Crippen molar-refractivity contribution in [2.45, 2.75) is 45.8 Å². The molecule has 0 aromatic heterocycles. The van der Waals surface area contributed by atoms with Gasteiger partial charge in [-0.05, 0) is 62.2 Å². The van der Waals surface area contributed by atoms with E-state index in [1.54, 1.807) is 37.3 Å². The lowest BCUT2D eigenvalue weighted by Gasteiger charge is -2.29. The first kappa shape index (κ1) is 24.5. The Morgan fingerprint density at radius 3 is 2.37 bits per heavy atom. The Bertz CT molecular complexity index is 877. The minimum Gasteiger partial charge on any atom is -0.484 e. The summed E-state index contributed by atoms with van der Waals surface area (Å²) in [5.41, 5.74) is 0.768. The molecule has 0 saturated heterocycles. The summed E-state index contributed by atoms with van der Waals surface area (Å²) in [6, 6.07) is 11.7. The lowest BCUT2D eigenvalue weighted by atomic mass is 10.1. The van der Waals surface area contributed by atoms with Crippen LogP contribution in [0.15, 0.2) is 46.9 Å². The maximum Gasteiger partial charge on any atom is 0.261 e. The van der Waals surface area contributed by atoms with Gasteiger partial charge in [0.2, 0.25) is 5.91 Å². The third-order valence-corrected chi connectivity index (χ3v) is 5.95. The number of halogens is 3. The highest BCUT2D eigenvalue weighted by molar-refractivity contribution is 9.10. The topological polar surface area (TPSA) is 58.6 Å². The first-order valence-electron chi connectivity index (χ1n) is 9.63. The molecule has 2 rings (SSSR count). The molecule has 0 unspecified atom stereocenters. The van der Waals surface area contributed by atoms with Crippen LogP contribution in [0.25, 0.3) is 0 Å². The van der Waals surface area contributed by atoms with Crippen LogP contribution in [0.3, 0.4) is 0 Å². The van der Waals surface area contributed by atoms with E-state index in [4.69, 9.17) is 27.9 Å². The molecule has 2 atom stereocenters. The summed E-state index contributed by atoms with van der Waals surface area (Å²) in [5.74, 6) is 0.0370. The summed E-state index contributed by atoms with van der Waals surface area (Å²) in [6.45, 7) is 5.62. The highest BCUT2D eigenvalue weighted by Crippen LogP contribution is 2.24. The molecule has 0 spiro atoms. The normalized spacial score (nSPS) is 12.7. The van der Waals surface area contributed by atoms with Crippen molar-refractivity contribution in [3.63, 3.8) is 0 Å². The summed E-state index contributed by atoms with van der Waals surface area (Å²) >= 11 is 15.5. The molecule has 30 heavy (non-hydrogen) atoms.